The Morgan fingerprint density at radius 1 is 1.24 bits per heavy atom. The smallest absolute Gasteiger partial charge is 0.192 e. The summed E-state index contributed by atoms with van der Waals surface area (Å²) in [7, 11) is 3.78. The first-order chi connectivity index (χ1) is 15.8. The molecule has 1 aliphatic rings. The van der Waals surface area contributed by atoms with E-state index in [-0.39, 0.29) is 5.78 Å². The average molecular weight is 450 g/mol. The standard InChI is InChI=1S/C28H39N3O2/c1-7-14-33-15-8-9-26-13-12-25(19-31(26)6)24-11-10-23(20(2)16-24)17-21(3)28(32)27(18-30-5)22(4)29/h10-13,16-18H,7-9,14-15,19,29H2,1-6H3/b21-17+,27-22-,30-18-. The van der Waals surface area contributed by atoms with Gasteiger partial charge in [-0.2, -0.15) is 0 Å². The van der Waals surface area contributed by atoms with Crippen LogP contribution >= 0.6 is 0 Å². The minimum Gasteiger partial charge on any atom is -0.402 e. The van der Waals surface area contributed by atoms with Gasteiger partial charge in [0.05, 0.1) is 5.57 Å². The first-order valence-electron chi connectivity index (χ1n) is 11.7. The maximum Gasteiger partial charge on any atom is 0.192 e. The molecule has 0 saturated heterocycles. The Kier molecular flexibility index (Phi) is 10.3. The summed E-state index contributed by atoms with van der Waals surface area (Å²) < 4.78 is 5.60. The van der Waals surface area contributed by atoms with Crippen LogP contribution in [0.1, 0.15) is 56.7 Å². The van der Waals surface area contributed by atoms with Crippen LogP contribution in [-0.2, 0) is 9.53 Å². The van der Waals surface area contributed by atoms with E-state index in [0.717, 1.165) is 50.1 Å². The molecule has 0 unspecified atom stereocenters. The molecule has 0 radical (unpaired) electrons. The molecule has 2 rings (SSSR count). The van der Waals surface area contributed by atoms with Crippen molar-refractivity contribution < 1.29 is 9.53 Å². The monoisotopic (exact) mass is 449 g/mol. The fourth-order valence-corrected chi connectivity index (χ4v) is 3.81. The Labute approximate surface area is 199 Å². The van der Waals surface area contributed by atoms with Gasteiger partial charge >= 0.3 is 0 Å². The van der Waals surface area contributed by atoms with Crippen LogP contribution in [0.2, 0.25) is 0 Å². The number of benzene rings is 1. The summed E-state index contributed by atoms with van der Waals surface area (Å²) in [6.45, 7) is 10.3. The number of hydrogen-bond acceptors (Lipinski definition) is 5. The Balaban J connectivity index is 2.15. The Morgan fingerprint density at radius 2 is 2.00 bits per heavy atom. The van der Waals surface area contributed by atoms with Gasteiger partial charge in [-0.25, -0.2) is 0 Å². The molecule has 178 valence electrons. The van der Waals surface area contributed by atoms with Gasteiger partial charge in [0.15, 0.2) is 5.78 Å². The molecule has 1 aromatic rings. The van der Waals surface area contributed by atoms with Gasteiger partial charge in [0, 0.05) is 51.5 Å². The molecule has 0 aliphatic carbocycles. The van der Waals surface area contributed by atoms with E-state index in [4.69, 9.17) is 10.5 Å². The molecule has 0 spiro atoms. The average Bonchev–Trinajstić information content (AvgIpc) is 2.78. The summed E-state index contributed by atoms with van der Waals surface area (Å²) in [6.07, 6.45) is 11.0. The number of aryl methyl sites for hydroxylation is 1. The van der Waals surface area contributed by atoms with Crippen molar-refractivity contribution >= 4 is 23.6 Å². The first-order valence-corrected chi connectivity index (χ1v) is 11.7. The number of rotatable bonds is 11. The maximum atomic E-state index is 12.8. The molecule has 1 aromatic carbocycles. The predicted octanol–water partition coefficient (Wildman–Crippen LogP) is 5.32. The van der Waals surface area contributed by atoms with E-state index in [2.05, 4.69) is 61.1 Å². The van der Waals surface area contributed by atoms with E-state index >= 15 is 0 Å². The Bertz CT molecular complexity index is 992. The summed E-state index contributed by atoms with van der Waals surface area (Å²) in [4.78, 5) is 19.0. The van der Waals surface area contributed by atoms with Crippen LogP contribution in [0.15, 0.2) is 57.9 Å². The summed E-state index contributed by atoms with van der Waals surface area (Å²) in [5.74, 6) is -0.0987. The van der Waals surface area contributed by atoms with Gasteiger partial charge in [-0.15, -0.1) is 0 Å². The van der Waals surface area contributed by atoms with E-state index in [1.807, 2.05) is 13.0 Å². The number of aliphatic imine (C=N–C) groups is 1. The van der Waals surface area contributed by atoms with Crippen molar-refractivity contribution in [1.29, 1.82) is 0 Å². The summed E-state index contributed by atoms with van der Waals surface area (Å²) in [5, 5.41) is 0. The van der Waals surface area contributed by atoms with E-state index in [9.17, 15) is 4.79 Å². The Morgan fingerprint density at radius 3 is 2.61 bits per heavy atom. The number of Topliss-reactive ketones (excluding diaryl/α,β-unsaturated/α-hetero) is 1. The van der Waals surface area contributed by atoms with Crippen LogP contribution in [0.5, 0.6) is 0 Å². The molecule has 0 bridgehead atoms. The molecule has 5 heteroatoms. The first kappa shape index (κ1) is 26.3. The van der Waals surface area contributed by atoms with Gasteiger partial charge in [-0.3, -0.25) is 9.79 Å². The fraction of sp³-hybridized carbons (Fsp3) is 0.429. The number of hydrogen-bond donors (Lipinski definition) is 1. The quantitative estimate of drug-likeness (QED) is 0.282. The normalized spacial score (nSPS) is 15.5. The number of allylic oxidation sites excluding steroid dienone is 6. The highest BCUT2D eigenvalue weighted by atomic mass is 16.5. The van der Waals surface area contributed by atoms with E-state index < -0.39 is 0 Å². The number of nitrogens with two attached hydrogens (primary N) is 1. The highest BCUT2D eigenvalue weighted by molar-refractivity contribution is 6.22. The number of carbonyl (C=O) groups is 1. The largest absolute Gasteiger partial charge is 0.402 e. The third-order valence-corrected chi connectivity index (χ3v) is 5.74. The molecule has 0 aromatic heterocycles. The van der Waals surface area contributed by atoms with Gasteiger partial charge < -0.3 is 15.4 Å². The zero-order chi connectivity index (χ0) is 24.4. The number of ketones is 1. The lowest BCUT2D eigenvalue weighted by Crippen LogP contribution is -2.23. The second kappa shape index (κ2) is 12.9. The van der Waals surface area contributed by atoms with E-state index in [0.29, 0.717) is 16.8 Å². The van der Waals surface area contributed by atoms with Crippen LogP contribution in [0.4, 0.5) is 0 Å². The van der Waals surface area contributed by atoms with Gasteiger partial charge in [0.2, 0.25) is 0 Å². The lowest BCUT2D eigenvalue weighted by molar-refractivity contribution is -0.111. The van der Waals surface area contributed by atoms with Gasteiger partial charge in [-0.1, -0.05) is 31.2 Å². The van der Waals surface area contributed by atoms with Crippen LogP contribution in [0, 0.1) is 6.92 Å². The molecular formula is C28H39N3O2. The molecule has 1 aliphatic heterocycles. The molecule has 5 nitrogen and oxygen atoms in total. The van der Waals surface area contributed by atoms with E-state index in [1.54, 1.807) is 14.0 Å². The molecule has 33 heavy (non-hydrogen) atoms. The minimum absolute atomic E-state index is 0.0987. The van der Waals surface area contributed by atoms with E-state index in [1.165, 1.54) is 23.0 Å². The van der Waals surface area contributed by atoms with Gasteiger partial charge in [0.25, 0.3) is 0 Å². The molecular weight excluding hydrogens is 410 g/mol. The van der Waals surface area contributed by atoms with Crippen LogP contribution in [0.3, 0.4) is 0 Å². The van der Waals surface area contributed by atoms with Crippen molar-refractivity contribution in [1.82, 2.24) is 4.90 Å². The molecule has 0 atom stereocenters. The zero-order valence-corrected chi connectivity index (χ0v) is 21.1. The third-order valence-electron chi connectivity index (χ3n) is 5.74. The maximum absolute atomic E-state index is 12.8. The number of likely N-dealkylation sites (N-methyl/N-ethyl adjacent to an activating group) is 1. The van der Waals surface area contributed by atoms with Gasteiger partial charge in [-0.05, 0) is 80.0 Å². The SMILES string of the molecule is CCCOCCCC1=CC=C(c2ccc(/C=C(\C)C(=O)C(/C=N\C)=C(/C)N)c(C)c2)CN1C. The van der Waals surface area contributed by atoms with Crippen molar-refractivity contribution in [2.75, 3.05) is 33.9 Å². The van der Waals surface area contributed by atoms with Gasteiger partial charge in [0.1, 0.15) is 0 Å². The number of ether oxygens (including phenoxy) is 1. The molecule has 0 fully saturated rings. The lowest BCUT2D eigenvalue weighted by atomic mass is 9.95. The molecule has 0 saturated carbocycles. The highest BCUT2D eigenvalue weighted by Gasteiger charge is 2.15. The number of carbonyl (C=O) groups excluding carboxylic acids is 1. The van der Waals surface area contributed by atoms with Crippen molar-refractivity contribution in [2.45, 2.75) is 47.0 Å². The molecule has 1 heterocycles. The third kappa shape index (κ3) is 7.57. The van der Waals surface area contributed by atoms with Crippen LogP contribution in [-0.4, -0.2) is 50.8 Å². The molecule has 0 amide bonds. The second-order valence-corrected chi connectivity index (χ2v) is 8.63. The highest BCUT2D eigenvalue weighted by Crippen LogP contribution is 2.26. The van der Waals surface area contributed by atoms with Crippen LogP contribution < -0.4 is 5.73 Å². The fourth-order valence-electron chi connectivity index (χ4n) is 3.81. The summed E-state index contributed by atoms with van der Waals surface area (Å²) in [5.41, 5.74) is 13.4. The zero-order valence-electron chi connectivity index (χ0n) is 21.1. The predicted molar refractivity (Wildman–Crippen MR) is 140 cm³/mol. The summed E-state index contributed by atoms with van der Waals surface area (Å²) in [6, 6.07) is 6.41. The topological polar surface area (TPSA) is 67.9 Å². The lowest BCUT2D eigenvalue weighted by Gasteiger charge is -2.28. The van der Waals surface area contributed by atoms with Crippen molar-refractivity contribution in [3.05, 3.63) is 69.6 Å². The van der Waals surface area contributed by atoms with Crippen molar-refractivity contribution in [3.63, 3.8) is 0 Å². The number of nitrogens with zero attached hydrogens (tertiary/aromatic N) is 2. The molecule has 2 N–H and O–H groups in total. The van der Waals surface area contributed by atoms with Crippen molar-refractivity contribution in [2.24, 2.45) is 10.7 Å². The Hall–Kier alpha value is -2.92. The second-order valence-electron chi connectivity index (χ2n) is 8.63. The minimum atomic E-state index is -0.0987. The van der Waals surface area contributed by atoms with Crippen molar-refractivity contribution in [3.8, 4) is 0 Å². The van der Waals surface area contributed by atoms with Crippen LogP contribution in [0.25, 0.3) is 11.6 Å². The summed E-state index contributed by atoms with van der Waals surface area (Å²) >= 11 is 0.